The molecular formula is C22H34OS. The molecule has 1 N–H and O–H groups in total. The summed E-state index contributed by atoms with van der Waals surface area (Å²) in [5.74, 6) is 5.15. The number of allylic oxidation sites excluding steroid dienone is 1. The number of thioether (sulfide) groups is 1. The van der Waals surface area contributed by atoms with Crippen molar-refractivity contribution in [3.8, 4) is 0 Å². The molecule has 1 heterocycles. The number of rotatable bonds is 1. The molecule has 5 aliphatic rings. The Kier molecular flexibility index (Phi) is 3.43. The maximum atomic E-state index is 10.1. The fourth-order valence-electron chi connectivity index (χ4n) is 7.96. The first-order valence-electron chi connectivity index (χ1n) is 10.4. The van der Waals surface area contributed by atoms with Crippen molar-refractivity contribution in [1.82, 2.24) is 0 Å². The van der Waals surface area contributed by atoms with E-state index in [4.69, 9.17) is 0 Å². The highest BCUT2D eigenvalue weighted by atomic mass is 32.2. The van der Waals surface area contributed by atoms with Gasteiger partial charge < -0.3 is 5.11 Å². The van der Waals surface area contributed by atoms with Gasteiger partial charge in [-0.05, 0) is 92.8 Å². The van der Waals surface area contributed by atoms with Gasteiger partial charge in [0.25, 0.3) is 0 Å². The maximum absolute atomic E-state index is 10.1. The van der Waals surface area contributed by atoms with Crippen molar-refractivity contribution in [2.24, 2.45) is 34.5 Å². The van der Waals surface area contributed by atoms with Crippen LogP contribution in [-0.4, -0.2) is 21.7 Å². The van der Waals surface area contributed by atoms with Crippen LogP contribution >= 0.6 is 11.8 Å². The summed E-state index contributed by atoms with van der Waals surface area (Å²) in [5.41, 5.74) is 2.63. The van der Waals surface area contributed by atoms with Crippen LogP contribution in [-0.2, 0) is 0 Å². The van der Waals surface area contributed by atoms with Gasteiger partial charge in [-0.15, -0.1) is 0 Å². The molecule has 3 saturated carbocycles. The van der Waals surface area contributed by atoms with E-state index in [-0.39, 0.29) is 6.10 Å². The van der Waals surface area contributed by atoms with Crippen molar-refractivity contribution in [3.05, 3.63) is 11.6 Å². The molecule has 0 bridgehead atoms. The van der Waals surface area contributed by atoms with Crippen LogP contribution in [0.3, 0.4) is 0 Å². The minimum atomic E-state index is -0.0718. The SMILES string of the molecule is C[C@]12CC[C@@H]3[C@@H](CC=C4C[C@@H](O)CC[C@@]43C)[C@H]1CC[C@H]2[C@]1(C)CS1. The summed E-state index contributed by atoms with van der Waals surface area (Å²) < 4.78 is 0.616. The van der Waals surface area contributed by atoms with Gasteiger partial charge in [0.15, 0.2) is 0 Å². The van der Waals surface area contributed by atoms with Crippen LogP contribution < -0.4 is 0 Å². The number of fused-ring (bicyclic) bond motifs is 5. The number of aliphatic hydroxyl groups is 1. The fourth-order valence-corrected chi connectivity index (χ4v) is 8.98. The van der Waals surface area contributed by atoms with E-state index in [0.717, 1.165) is 36.5 Å². The van der Waals surface area contributed by atoms with Gasteiger partial charge in [0, 0.05) is 10.5 Å². The van der Waals surface area contributed by atoms with Crippen LogP contribution in [0.15, 0.2) is 11.6 Å². The van der Waals surface area contributed by atoms with Crippen molar-refractivity contribution >= 4 is 11.8 Å². The molecule has 1 saturated heterocycles. The topological polar surface area (TPSA) is 20.2 Å². The Morgan fingerprint density at radius 3 is 2.58 bits per heavy atom. The average Bonchev–Trinajstić information content (AvgIpc) is 3.17. The average molecular weight is 347 g/mol. The van der Waals surface area contributed by atoms with Crippen LogP contribution in [0.1, 0.15) is 72.1 Å². The zero-order valence-electron chi connectivity index (χ0n) is 15.7. The highest BCUT2D eigenvalue weighted by molar-refractivity contribution is 8.07. The molecule has 24 heavy (non-hydrogen) atoms. The molecule has 0 spiro atoms. The second kappa shape index (κ2) is 5.06. The van der Waals surface area contributed by atoms with Gasteiger partial charge in [0.05, 0.1) is 6.10 Å². The second-order valence-corrected chi connectivity index (χ2v) is 11.9. The summed E-state index contributed by atoms with van der Waals surface area (Å²) in [4.78, 5) is 0. The Labute approximate surface area is 152 Å². The van der Waals surface area contributed by atoms with E-state index >= 15 is 0 Å². The van der Waals surface area contributed by atoms with Gasteiger partial charge in [-0.3, -0.25) is 0 Å². The predicted octanol–water partition coefficient (Wildman–Crippen LogP) is 5.43. The lowest BCUT2D eigenvalue weighted by atomic mass is 9.47. The molecule has 0 unspecified atom stereocenters. The quantitative estimate of drug-likeness (QED) is 0.504. The molecule has 4 fully saturated rings. The van der Waals surface area contributed by atoms with Crippen molar-refractivity contribution in [2.45, 2.75) is 83.0 Å². The van der Waals surface area contributed by atoms with Crippen molar-refractivity contribution in [2.75, 3.05) is 5.75 Å². The third kappa shape index (κ3) is 2.05. The van der Waals surface area contributed by atoms with Gasteiger partial charge >= 0.3 is 0 Å². The van der Waals surface area contributed by atoms with E-state index in [1.165, 1.54) is 44.3 Å². The van der Waals surface area contributed by atoms with Crippen LogP contribution in [0, 0.1) is 34.5 Å². The molecule has 134 valence electrons. The summed E-state index contributed by atoms with van der Waals surface area (Å²) in [6.07, 6.45) is 12.9. The lowest BCUT2D eigenvalue weighted by molar-refractivity contribution is -0.0518. The Hall–Kier alpha value is 0.0500. The molecule has 0 aromatic carbocycles. The van der Waals surface area contributed by atoms with Gasteiger partial charge in [0.1, 0.15) is 0 Å². The van der Waals surface area contributed by atoms with Crippen LogP contribution in [0.2, 0.25) is 0 Å². The normalized spacial score (nSPS) is 59.2. The molecule has 1 aliphatic heterocycles. The molecule has 8 atom stereocenters. The zero-order valence-corrected chi connectivity index (χ0v) is 16.5. The van der Waals surface area contributed by atoms with Crippen LogP contribution in [0.4, 0.5) is 0 Å². The fraction of sp³-hybridized carbons (Fsp3) is 0.909. The number of hydrogen-bond acceptors (Lipinski definition) is 2. The molecule has 4 aliphatic carbocycles. The Morgan fingerprint density at radius 1 is 1.04 bits per heavy atom. The lowest BCUT2D eigenvalue weighted by Crippen LogP contribution is -2.51. The van der Waals surface area contributed by atoms with Gasteiger partial charge in [-0.1, -0.05) is 25.5 Å². The van der Waals surface area contributed by atoms with Gasteiger partial charge in [-0.25, -0.2) is 0 Å². The Balaban J connectivity index is 1.47. The first-order chi connectivity index (χ1) is 11.4. The lowest BCUT2D eigenvalue weighted by Gasteiger charge is -2.58. The van der Waals surface area contributed by atoms with Crippen LogP contribution in [0.25, 0.3) is 0 Å². The summed E-state index contributed by atoms with van der Waals surface area (Å²) in [6, 6.07) is 0. The molecule has 0 aromatic heterocycles. The Bertz CT molecular complexity index is 579. The first-order valence-corrected chi connectivity index (χ1v) is 11.4. The predicted molar refractivity (Wildman–Crippen MR) is 102 cm³/mol. The van der Waals surface area contributed by atoms with Crippen LogP contribution in [0.5, 0.6) is 0 Å². The van der Waals surface area contributed by atoms with Gasteiger partial charge in [0.2, 0.25) is 0 Å². The molecule has 0 radical (unpaired) electrons. The largest absolute Gasteiger partial charge is 0.393 e. The smallest absolute Gasteiger partial charge is 0.0577 e. The number of hydrogen-bond donors (Lipinski definition) is 1. The van der Waals surface area contributed by atoms with E-state index in [9.17, 15) is 5.11 Å². The molecule has 5 rings (SSSR count). The van der Waals surface area contributed by atoms with Crippen molar-refractivity contribution < 1.29 is 5.11 Å². The highest BCUT2D eigenvalue weighted by Gasteiger charge is 2.63. The standard InChI is InChI=1S/C22H34OS/c1-20-10-8-15(23)12-14(20)4-5-16-17-6-7-19(22(3)13-24-22)21(17,2)11-9-18(16)20/h4,15-19,23H,5-13H2,1-3H3/t15-,16-,17+,18+,19+,20-,21-,22-/m0/s1. The molecule has 1 nitrogen and oxygen atoms in total. The summed E-state index contributed by atoms with van der Waals surface area (Å²) >= 11 is 2.23. The van der Waals surface area contributed by atoms with E-state index < -0.39 is 0 Å². The first kappa shape index (κ1) is 16.2. The van der Waals surface area contributed by atoms with Gasteiger partial charge in [-0.2, -0.15) is 11.8 Å². The van der Waals surface area contributed by atoms with E-state index in [0.29, 0.717) is 15.6 Å². The monoisotopic (exact) mass is 346 g/mol. The molecule has 2 heteroatoms. The minimum absolute atomic E-state index is 0.0718. The summed E-state index contributed by atoms with van der Waals surface area (Å²) in [6.45, 7) is 7.77. The third-order valence-corrected chi connectivity index (χ3v) is 10.9. The second-order valence-electron chi connectivity index (χ2n) is 10.4. The van der Waals surface area contributed by atoms with E-state index in [1.807, 2.05) is 0 Å². The molecule has 0 amide bonds. The van der Waals surface area contributed by atoms with Crippen molar-refractivity contribution in [3.63, 3.8) is 0 Å². The van der Waals surface area contributed by atoms with E-state index in [1.54, 1.807) is 5.57 Å². The summed E-state index contributed by atoms with van der Waals surface area (Å²) in [7, 11) is 0. The minimum Gasteiger partial charge on any atom is -0.393 e. The number of aliphatic hydroxyl groups excluding tert-OH is 1. The highest BCUT2D eigenvalue weighted by Crippen LogP contribution is 2.71. The third-order valence-electron chi connectivity index (χ3n) is 9.41. The molecule has 0 aromatic rings. The zero-order chi connectivity index (χ0) is 16.7. The summed E-state index contributed by atoms with van der Waals surface area (Å²) in [5, 5.41) is 10.1. The van der Waals surface area contributed by atoms with E-state index in [2.05, 4.69) is 38.6 Å². The van der Waals surface area contributed by atoms with Crippen molar-refractivity contribution in [1.29, 1.82) is 0 Å². The maximum Gasteiger partial charge on any atom is 0.0577 e. The molecular weight excluding hydrogens is 312 g/mol. The Morgan fingerprint density at radius 2 is 1.83 bits per heavy atom.